The van der Waals surface area contributed by atoms with E-state index in [9.17, 15) is 5.11 Å². The van der Waals surface area contributed by atoms with Crippen molar-refractivity contribution < 1.29 is 14.6 Å². The second kappa shape index (κ2) is 7.14. The predicted octanol–water partition coefficient (Wildman–Crippen LogP) is 1.72. The Hall–Kier alpha value is -1.26. The molecule has 0 aliphatic heterocycles. The van der Waals surface area contributed by atoms with Crippen molar-refractivity contribution in [3.63, 3.8) is 0 Å². The van der Waals surface area contributed by atoms with E-state index in [2.05, 4.69) is 4.99 Å². The van der Waals surface area contributed by atoms with Crippen molar-refractivity contribution in [2.45, 2.75) is 6.10 Å². The van der Waals surface area contributed by atoms with Crippen LogP contribution in [0.25, 0.3) is 0 Å². The van der Waals surface area contributed by atoms with Crippen molar-refractivity contribution >= 4 is 17.8 Å². The first-order valence-electron chi connectivity index (χ1n) is 5.17. The molecule has 1 N–H and O–H groups in total. The first-order chi connectivity index (χ1) is 8.21. The van der Waals surface area contributed by atoms with Gasteiger partial charge in [-0.15, -0.1) is 11.6 Å². The number of aliphatic imine (C=N–C) groups is 1. The molecule has 0 aromatic heterocycles. The molecule has 5 heteroatoms. The van der Waals surface area contributed by atoms with E-state index in [1.165, 1.54) is 0 Å². The van der Waals surface area contributed by atoms with Crippen molar-refractivity contribution in [2.24, 2.45) is 4.99 Å². The van der Waals surface area contributed by atoms with Crippen molar-refractivity contribution in [3.05, 3.63) is 23.8 Å². The number of aliphatic hydroxyl groups excluding tert-OH is 1. The number of hydrogen-bond acceptors (Lipinski definition) is 4. The van der Waals surface area contributed by atoms with Crippen LogP contribution in [0, 0.1) is 0 Å². The van der Waals surface area contributed by atoms with Gasteiger partial charge in [-0.3, -0.25) is 4.99 Å². The Labute approximate surface area is 106 Å². The lowest BCUT2D eigenvalue weighted by atomic mass is 10.2. The molecular weight excluding hydrogens is 242 g/mol. The van der Waals surface area contributed by atoms with Gasteiger partial charge in [0.05, 0.1) is 32.7 Å². The second-order valence-electron chi connectivity index (χ2n) is 3.42. The summed E-state index contributed by atoms with van der Waals surface area (Å²) in [4.78, 5) is 4.09. The van der Waals surface area contributed by atoms with E-state index in [4.69, 9.17) is 21.1 Å². The van der Waals surface area contributed by atoms with Crippen LogP contribution in [-0.4, -0.2) is 44.1 Å². The molecule has 1 aromatic carbocycles. The van der Waals surface area contributed by atoms with Crippen molar-refractivity contribution in [2.75, 3.05) is 26.6 Å². The van der Waals surface area contributed by atoms with Crippen LogP contribution < -0.4 is 9.47 Å². The third-order valence-corrected chi connectivity index (χ3v) is 2.50. The first kappa shape index (κ1) is 13.8. The minimum Gasteiger partial charge on any atom is -0.493 e. The highest BCUT2D eigenvalue weighted by molar-refractivity contribution is 6.18. The number of hydrogen-bond donors (Lipinski definition) is 1. The van der Waals surface area contributed by atoms with Gasteiger partial charge in [0.1, 0.15) is 0 Å². The van der Waals surface area contributed by atoms with Crippen molar-refractivity contribution in [1.29, 1.82) is 0 Å². The molecular formula is C12H16ClNO3. The first-order valence-corrected chi connectivity index (χ1v) is 5.70. The highest BCUT2D eigenvalue weighted by Gasteiger charge is 2.03. The molecule has 0 aliphatic rings. The molecule has 4 nitrogen and oxygen atoms in total. The van der Waals surface area contributed by atoms with Crippen LogP contribution in [0.4, 0.5) is 0 Å². The molecule has 0 heterocycles. The zero-order chi connectivity index (χ0) is 12.7. The molecule has 1 aromatic rings. The van der Waals surface area contributed by atoms with Crippen LogP contribution in [0.3, 0.4) is 0 Å². The van der Waals surface area contributed by atoms with Gasteiger partial charge in [-0.1, -0.05) is 0 Å². The van der Waals surface area contributed by atoms with Gasteiger partial charge in [0.25, 0.3) is 0 Å². The Morgan fingerprint density at radius 1 is 1.35 bits per heavy atom. The van der Waals surface area contributed by atoms with E-state index in [0.717, 1.165) is 5.56 Å². The van der Waals surface area contributed by atoms with Gasteiger partial charge in [0.15, 0.2) is 11.5 Å². The molecule has 1 unspecified atom stereocenters. The van der Waals surface area contributed by atoms with E-state index in [1.807, 2.05) is 12.1 Å². The predicted molar refractivity (Wildman–Crippen MR) is 68.7 cm³/mol. The normalized spacial score (nSPS) is 12.7. The van der Waals surface area contributed by atoms with Crippen LogP contribution in [0.2, 0.25) is 0 Å². The molecule has 0 saturated carbocycles. The molecule has 0 amide bonds. The zero-order valence-corrected chi connectivity index (χ0v) is 10.6. The van der Waals surface area contributed by atoms with Crippen LogP contribution >= 0.6 is 11.6 Å². The van der Waals surface area contributed by atoms with Gasteiger partial charge < -0.3 is 14.6 Å². The third-order valence-electron chi connectivity index (χ3n) is 2.14. The van der Waals surface area contributed by atoms with Gasteiger partial charge in [0.2, 0.25) is 0 Å². The van der Waals surface area contributed by atoms with E-state index in [1.54, 1.807) is 26.5 Å². The summed E-state index contributed by atoms with van der Waals surface area (Å²) < 4.78 is 10.3. The van der Waals surface area contributed by atoms with E-state index < -0.39 is 6.10 Å². The summed E-state index contributed by atoms with van der Waals surface area (Å²) >= 11 is 5.46. The fourth-order valence-corrected chi connectivity index (χ4v) is 1.36. The van der Waals surface area contributed by atoms with Crippen LogP contribution in [0.1, 0.15) is 5.56 Å². The van der Waals surface area contributed by atoms with E-state index >= 15 is 0 Å². The lowest BCUT2D eigenvalue weighted by Gasteiger charge is -2.07. The van der Waals surface area contributed by atoms with Crippen molar-refractivity contribution in [3.8, 4) is 11.5 Å². The maximum absolute atomic E-state index is 9.23. The molecule has 0 aliphatic carbocycles. The minimum absolute atomic E-state index is 0.184. The lowest BCUT2D eigenvalue weighted by molar-refractivity contribution is 0.207. The number of halogens is 1. The third kappa shape index (κ3) is 4.24. The Morgan fingerprint density at radius 3 is 2.65 bits per heavy atom. The average molecular weight is 258 g/mol. The minimum atomic E-state index is -0.604. The molecule has 1 rings (SSSR count). The molecule has 0 radical (unpaired) electrons. The summed E-state index contributed by atoms with van der Waals surface area (Å²) in [6, 6.07) is 5.48. The zero-order valence-electron chi connectivity index (χ0n) is 9.89. The number of nitrogens with zero attached hydrogens (tertiary/aromatic N) is 1. The molecule has 94 valence electrons. The average Bonchev–Trinajstić information content (AvgIpc) is 2.38. The van der Waals surface area contributed by atoms with Crippen molar-refractivity contribution in [1.82, 2.24) is 0 Å². The highest BCUT2D eigenvalue weighted by atomic mass is 35.5. The Bertz CT molecular complexity index is 382. The van der Waals surface area contributed by atoms with Gasteiger partial charge in [-0.25, -0.2) is 0 Å². The van der Waals surface area contributed by atoms with E-state index in [-0.39, 0.29) is 12.4 Å². The standard InChI is InChI=1S/C12H16ClNO3/c1-16-11-4-3-9(5-12(11)17-2)7-14-8-10(15)6-13/h3-5,7,10,15H,6,8H2,1-2H3. The number of methoxy groups -OCH3 is 2. The second-order valence-corrected chi connectivity index (χ2v) is 3.73. The van der Waals surface area contributed by atoms with Gasteiger partial charge in [-0.05, 0) is 23.8 Å². The van der Waals surface area contributed by atoms with Gasteiger partial charge in [0, 0.05) is 6.21 Å². The van der Waals surface area contributed by atoms with Crippen LogP contribution in [0.15, 0.2) is 23.2 Å². The quantitative estimate of drug-likeness (QED) is 0.624. The maximum atomic E-state index is 9.23. The van der Waals surface area contributed by atoms with Gasteiger partial charge >= 0.3 is 0 Å². The molecule has 1 atom stereocenters. The van der Waals surface area contributed by atoms with Crippen LogP contribution in [0.5, 0.6) is 11.5 Å². The Balaban J connectivity index is 2.72. The number of aliphatic hydroxyl groups is 1. The Kier molecular flexibility index (Phi) is 5.80. The molecule has 0 spiro atoms. The monoisotopic (exact) mass is 257 g/mol. The molecule has 17 heavy (non-hydrogen) atoms. The maximum Gasteiger partial charge on any atom is 0.161 e. The summed E-state index contributed by atoms with van der Waals surface area (Å²) in [5.74, 6) is 1.50. The number of ether oxygens (including phenoxy) is 2. The van der Waals surface area contributed by atoms with E-state index in [0.29, 0.717) is 11.5 Å². The Morgan fingerprint density at radius 2 is 2.06 bits per heavy atom. The molecule has 0 saturated heterocycles. The SMILES string of the molecule is COc1ccc(C=NCC(O)CCl)cc1OC. The fourth-order valence-electron chi connectivity index (χ4n) is 1.26. The van der Waals surface area contributed by atoms with Crippen LogP contribution in [-0.2, 0) is 0 Å². The summed E-state index contributed by atoms with van der Waals surface area (Å²) in [7, 11) is 3.17. The smallest absolute Gasteiger partial charge is 0.161 e. The summed E-state index contributed by atoms with van der Waals surface area (Å²) in [6.07, 6.45) is 1.06. The largest absolute Gasteiger partial charge is 0.493 e. The number of alkyl halides is 1. The molecule has 0 fully saturated rings. The molecule has 0 bridgehead atoms. The topological polar surface area (TPSA) is 51.0 Å². The van der Waals surface area contributed by atoms with Gasteiger partial charge in [-0.2, -0.15) is 0 Å². The summed E-state index contributed by atoms with van der Waals surface area (Å²) in [5.41, 5.74) is 0.879. The fraction of sp³-hybridized carbons (Fsp3) is 0.417. The summed E-state index contributed by atoms with van der Waals surface area (Å²) in [5, 5.41) is 9.23. The lowest BCUT2D eigenvalue weighted by Crippen LogP contribution is -2.12. The highest BCUT2D eigenvalue weighted by Crippen LogP contribution is 2.26. The number of benzene rings is 1. The number of rotatable bonds is 6. The summed E-state index contributed by atoms with van der Waals surface area (Å²) in [6.45, 7) is 0.290.